The van der Waals surface area contributed by atoms with Crippen LogP contribution in [0.25, 0.3) is 0 Å². The van der Waals surface area contributed by atoms with Crippen LogP contribution in [0.1, 0.15) is 12.0 Å². The summed E-state index contributed by atoms with van der Waals surface area (Å²) in [5.41, 5.74) is 6.70. The molecule has 0 spiro atoms. The number of halogens is 1. The lowest BCUT2D eigenvalue weighted by atomic mass is 9.72. The second-order valence-corrected chi connectivity index (χ2v) is 5.28. The minimum atomic E-state index is -0.876. The number of hydrogen-bond acceptors (Lipinski definition) is 3. The maximum atomic E-state index is 10.8. The Morgan fingerprint density at radius 3 is 2.76 bits per heavy atom. The van der Waals surface area contributed by atoms with Crippen LogP contribution in [-0.4, -0.2) is 30.3 Å². The van der Waals surface area contributed by atoms with E-state index < -0.39 is 12.0 Å². The van der Waals surface area contributed by atoms with Crippen molar-refractivity contribution in [2.75, 3.05) is 13.2 Å². The Morgan fingerprint density at radius 2 is 2.29 bits per heavy atom. The zero-order chi connectivity index (χ0) is 12.5. The van der Waals surface area contributed by atoms with Crippen LogP contribution in [0.3, 0.4) is 0 Å². The van der Waals surface area contributed by atoms with Gasteiger partial charge < -0.3 is 15.6 Å². The van der Waals surface area contributed by atoms with Gasteiger partial charge in [-0.1, -0.05) is 28.1 Å². The Labute approximate surface area is 108 Å². The average Bonchev–Trinajstić information content (AvgIpc) is 2.14. The number of aliphatic carboxylic acids is 1. The Balaban J connectivity index is 2.28. The topological polar surface area (TPSA) is 72.6 Å². The fourth-order valence-corrected chi connectivity index (χ4v) is 2.50. The van der Waals surface area contributed by atoms with Crippen molar-refractivity contribution in [3.8, 4) is 0 Å². The predicted octanol–water partition coefficient (Wildman–Crippen LogP) is 1.52. The van der Waals surface area contributed by atoms with E-state index in [2.05, 4.69) is 15.9 Å². The molecule has 1 unspecified atom stereocenters. The van der Waals surface area contributed by atoms with Crippen molar-refractivity contribution in [3.63, 3.8) is 0 Å². The highest BCUT2D eigenvalue weighted by Crippen LogP contribution is 2.37. The van der Waals surface area contributed by atoms with Gasteiger partial charge in [0.15, 0.2) is 0 Å². The molecular weight excluding hydrogens is 286 g/mol. The van der Waals surface area contributed by atoms with Crippen LogP contribution >= 0.6 is 15.9 Å². The van der Waals surface area contributed by atoms with Gasteiger partial charge in [0.25, 0.3) is 0 Å². The molecule has 1 heterocycles. The van der Waals surface area contributed by atoms with Crippen LogP contribution in [0.4, 0.5) is 0 Å². The van der Waals surface area contributed by atoms with Crippen molar-refractivity contribution in [1.82, 2.24) is 0 Å². The van der Waals surface area contributed by atoms with E-state index >= 15 is 0 Å². The highest BCUT2D eigenvalue weighted by Gasteiger charge is 2.46. The highest BCUT2D eigenvalue weighted by molar-refractivity contribution is 9.10. The molecule has 0 saturated carbocycles. The van der Waals surface area contributed by atoms with Gasteiger partial charge in [-0.05, 0) is 17.7 Å². The number of rotatable bonds is 4. The number of hydrogen-bond donors (Lipinski definition) is 2. The molecule has 4 nitrogen and oxygen atoms in total. The van der Waals surface area contributed by atoms with E-state index in [1.54, 1.807) is 0 Å². The summed E-state index contributed by atoms with van der Waals surface area (Å²) in [5, 5.41) is 8.84. The van der Waals surface area contributed by atoms with Gasteiger partial charge in [0.05, 0.1) is 25.0 Å². The van der Waals surface area contributed by atoms with Gasteiger partial charge in [-0.25, -0.2) is 0 Å². The van der Waals surface area contributed by atoms with Gasteiger partial charge in [-0.2, -0.15) is 0 Å². The van der Waals surface area contributed by atoms with E-state index in [9.17, 15) is 4.79 Å². The Bertz CT molecular complexity index is 432. The van der Waals surface area contributed by atoms with Gasteiger partial charge in [-0.3, -0.25) is 4.79 Å². The van der Waals surface area contributed by atoms with E-state index in [0.29, 0.717) is 13.2 Å². The van der Waals surface area contributed by atoms with Gasteiger partial charge in [0.1, 0.15) is 0 Å². The first-order chi connectivity index (χ1) is 8.04. The summed E-state index contributed by atoms with van der Waals surface area (Å²) in [6, 6.07) is 7.37. The summed E-state index contributed by atoms with van der Waals surface area (Å²) in [7, 11) is 0. The average molecular weight is 300 g/mol. The lowest BCUT2D eigenvalue weighted by Crippen LogP contribution is -2.59. The SMILES string of the molecule is NC(CC(=O)O)C1(c2cccc(Br)c2)COC1. The zero-order valence-electron chi connectivity index (χ0n) is 9.23. The summed E-state index contributed by atoms with van der Waals surface area (Å²) in [5.74, 6) is -0.876. The molecule has 0 radical (unpaired) electrons. The molecule has 92 valence electrons. The summed E-state index contributed by atoms with van der Waals surface area (Å²) in [4.78, 5) is 10.8. The quantitative estimate of drug-likeness (QED) is 0.884. The number of carbonyl (C=O) groups is 1. The second kappa shape index (κ2) is 4.76. The van der Waals surface area contributed by atoms with Crippen LogP contribution in [0.2, 0.25) is 0 Å². The normalized spacial score (nSPS) is 19.4. The molecule has 5 heteroatoms. The van der Waals surface area contributed by atoms with Gasteiger partial charge in [0.2, 0.25) is 0 Å². The minimum Gasteiger partial charge on any atom is -0.481 e. The molecule has 1 aliphatic rings. The first-order valence-electron chi connectivity index (χ1n) is 5.36. The van der Waals surface area contributed by atoms with Crippen molar-refractivity contribution in [2.24, 2.45) is 5.73 Å². The molecule has 0 aliphatic carbocycles. The fourth-order valence-electron chi connectivity index (χ4n) is 2.10. The largest absolute Gasteiger partial charge is 0.481 e. The Hall–Kier alpha value is -0.910. The van der Waals surface area contributed by atoms with Crippen LogP contribution in [0, 0.1) is 0 Å². The number of nitrogens with two attached hydrogens (primary N) is 1. The molecule has 3 N–H and O–H groups in total. The minimum absolute atomic E-state index is 0.0458. The first-order valence-corrected chi connectivity index (χ1v) is 6.15. The Morgan fingerprint density at radius 1 is 1.59 bits per heavy atom. The monoisotopic (exact) mass is 299 g/mol. The lowest BCUT2D eigenvalue weighted by molar-refractivity contribution is -0.140. The third-order valence-corrected chi connectivity index (χ3v) is 3.72. The summed E-state index contributed by atoms with van der Waals surface area (Å²) in [6.45, 7) is 0.968. The van der Waals surface area contributed by atoms with E-state index in [-0.39, 0.29) is 11.8 Å². The summed E-state index contributed by atoms with van der Waals surface area (Å²) < 4.78 is 6.21. The molecule has 0 bridgehead atoms. The van der Waals surface area contributed by atoms with Crippen molar-refractivity contribution in [2.45, 2.75) is 17.9 Å². The fraction of sp³-hybridized carbons (Fsp3) is 0.417. The molecule has 0 aromatic heterocycles. The number of benzene rings is 1. The maximum Gasteiger partial charge on any atom is 0.304 e. The van der Waals surface area contributed by atoms with Gasteiger partial charge in [-0.15, -0.1) is 0 Å². The Kier molecular flexibility index (Phi) is 3.51. The number of carboxylic acids is 1. The van der Waals surface area contributed by atoms with Crippen molar-refractivity contribution < 1.29 is 14.6 Å². The third-order valence-electron chi connectivity index (χ3n) is 3.22. The van der Waals surface area contributed by atoms with E-state index in [0.717, 1.165) is 10.0 Å². The molecule has 0 amide bonds. The molecule has 1 aromatic carbocycles. The number of ether oxygens (including phenoxy) is 1. The summed E-state index contributed by atoms with van der Waals surface area (Å²) >= 11 is 3.41. The molecule has 1 aliphatic heterocycles. The first kappa shape index (κ1) is 12.5. The van der Waals surface area contributed by atoms with E-state index in [1.807, 2.05) is 24.3 Å². The molecule has 1 aromatic rings. The standard InChI is InChI=1S/C12H14BrNO3/c13-9-3-1-2-8(4-9)12(6-17-7-12)10(14)5-11(15)16/h1-4,10H,5-7,14H2,(H,15,16). The van der Waals surface area contributed by atoms with Crippen LogP contribution in [0.15, 0.2) is 28.7 Å². The maximum absolute atomic E-state index is 10.8. The van der Waals surface area contributed by atoms with E-state index in [1.165, 1.54) is 0 Å². The smallest absolute Gasteiger partial charge is 0.304 e. The van der Waals surface area contributed by atoms with Gasteiger partial charge >= 0.3 is 5.97 Å². The van der Waals surface area contributed by atoms with Crippen LogP contribution < -0.4 is 5.73 Å². The molecule has 1 fully saturated rings. The lowest BCUT2D eigenvalue weighted by Gasteiger charge is -2.45. The van der Waals surface area contributed by atoms with Crippen molar-refractivity contribution in [1.29, 1.82) is 0 Å². The molecular formula is C12H14BrNO3. The zero-order valence-corrected chi connectivity index (χ0v) is 10.8. The van der Waals surface area contributed by atoms with Gasteiger partial charge in [0, 0.05) is 10.5 Å². The third kappa shape index (κ3) is 2.36. The molecule has 2 rings (SSSR count). The molecule has 1 saturated heterocycles. The van der Waals surface area contributed by atoms with Crippen LogP contribution in [0.5, 0.6) is 0 Å². The highest BCUT2D eigenvalue weighted by atomic mass is 79.9. The molecule has 1 atom stereocenters. The molecule has 17 heavy (non-hydrogen) atoms. The van der Waals surface area contributed by atoms with Crippen molar-refractivity contribution in [3.05, 3.63) is 34.3 Å². The second-order valence-electron chi connectivity index (χ2n) is 4.36. The van der Waals surface area contributed by atoms with E-state index in [4.69, 9.17) is 15.6 Å². The number of carboxylic acid groups (broad SMARTS) is 1. The summed E-state index contributed by atoms with van der Waals surface area (Å²) in [6.07, 6.45) is -0.0458. The van der Waals surface area contributed by atoms with Crippen molar-refractivity contribution >= 4 is 21.9 Å². The predicted molar refractivity (Wildman–Crippen MR) is 66.9 cm³/mol. The van der Waals surface area contributed by atoms with Crippen LogP contribution in [-0.2, 0) is 14.9 Å².